The van der Waals surface area contributed by atoms with Crippen molar-refractivity contribution in [2.45, 2.75) is 11.2 Å². The van der Waals surface area contributed by atoms with E-state index in [0.29, 0.717) is 11.8 Å². The minimum absolute atomic E-state index is 0.178. The molecule has 0 aliphatic rings. The maximum Gasteiger partial charge on any atom is 0.417 e. The van der Waals surface area contributed by atoms with E-state index in [1.54, 1.807) is 0 Å². The standard InChI is InChI=1S/C15H9F3N4O4S/c16-15(17,18)11-5-12(23)21-14(10(11)6-19)27-7-13(24)20-8-1-3-9(4-2-8)22(25)26/h1-5H,7H2,(H,20,24)(H,21,23). The van der Waals surface area contributed by atoms with Crippen LogP contribution < -0.4 is 10.9 Å². The number of nitrogens with one attached hydrogen (secondary N) is 2. The highest BCUT2D eigenvalue weighted by molar-refractivity contribution is 8.00. The van der Waals surface area contributed by atoms with Gasteiger partial charge in [0.25, 0.3) is 5.69 Å². The number of nitro groups is 1. The molecule has 8 nitrogen and oxygen atoms in total. The smallest absolute Gasteiger partial charge is 0.325 e. The number of halogens is 3. The molecular formula is C15H9F3N4O4S. The van der Waals surface area contributed by atoms with Gasteiger partial charge in [-0.3, -0.25) is 19.7 Å². The van der Waals surface area contributed by atoms with Crippen molar-refractivity contribution in [3.05, 3.63) is 61.9 Å². The molecule has 0 atom stereocenters. The number of nitriles is 1. The molecule has 1 aromatic heterocycles. The molecule has 0 fully saturated rings. The van der Waals surface area contributed by atoms with Crippen LogP contribution in [0.3, 0.4) is 0 Å². The number of non-ortho nitro benzene ring substituents is 1. The molecule has 0 bridgehead atoms. The largest absolute Gasteiger partial charge is 0.417 e. The van der Waals surface area contributed by atoms with Crippen LogP contribution in [0.4, 0.5) is 24.5 Å². The normalized spacial score (nSPS) is 10.9. The van der Waals surface area contributed by atoms with Crippen LogP contribution in [0.15, 0.2) is 40.2 Å². The number of carbonyl (C=O) groups excluding carboxylic acids is 1. The Labute approximate surface area is 153 Å². The van der Waals surface area contributed by atoms with Crippen LogP contribution in [0.1, 0.15) is 11.1 Å². The Morgan fingerprint density at radius 3 is 2.48 bits per heavy atom. The molecule has 27 heavy (non-hydrogen) atoms. The predicted octanol–water partition coefficient (Wildman–Crippen LogP) is 2.90. The van der Waals surface area contributed by atoms with E-state index in [9.17, 15) is 32.9 Å². The summed E-state index contributed by atoms with van der Waals surface area (Å²) in [5.74, 6) is -1.04. The van der Waals surface area contributed by atoms with E-state index in [4.69, 9.17) is 5.26 Å². The number of rotatable bonds is 5. The zero-order chi connectivity index (χ0) is 20.2. The van der Waals surface area contributed by atoms with Gasteiger partial charge < -0.3 is 10.3 Å². The monoisotopic (exact) mass is 398 g/mol. The molecule has 2 rings (SSSR count). The number of hydrogen-bond acceptors (Lipinski definition) is 6. The summed E-state index contributed by atoms with van der Waals surface area (Å²) in [5.41, 5.74) is -3.16. The SMILES string of the molecule is N#Cc1c(C(F)(F)F)cc(=O)[nH]c1SCC(=O)Nc1ccc([N+](=O)[O-])cc1. The summed E-state index contributed by atoms with van der Waals surface area (Å²) in [7, 11) is 0. The van der Waals surface area contributed by atoms with Crippen LogP contribution in [-0.2, 0) is 11.0 Å². The van der Waals surface area contributed by atoms with Crippen molar-refractivity contribution in [1.82, 2.24) is 4.98 Å². The van der Waals surface area contributed by atoms with E-state index >= 15 is 0 Å². The highest BCUT2D eigenvalue weighted by Crippen LogP contribution is 2.34. The summed E-state index contributed by atoms with van der Waals surface area (Å²) in [4.78, 5) is 35.4. The van der Waals surface area contributed by atoms with Gasteiger partial charge in [-0.1, -0.05) is 11.8 Å². The first kappa shape index (κ1) is 20.0. The maximum absolute atomic E-state index is 12.9. The zero-order valence-electron chi connectivity index (χ0n) is 13.2. The lowest BCUT2D eigenvalue weighted by molar-refractivity contribution is -0.384. The Kier molecular flexibility index (Phi) is 5.86. The second-order valence-electron chi connectivity index (χ2n) is 5.00. The van der Waals surface area contributed by atoms with Crippen molar-refractivity contribution in [2.75, 3.05) is 11.1 Å². The first-order valence-electron chi connectivity index (χ1n) is 7.03. The van der Waals surface area contributed by atoms with Crippen molar-refractivity contribution in [3.8, 4) is 6.07 Å². The molecule has 1 heterocycles. The third-order valence-corrected chi connectivity index (χ3v) is 4.14. The van der Waals surface area contributed by atoms with Gasteiger partial charge in [-0.15, -0.1) is 0 Å². The van der Waals surface area contributed by atoms with Crippen LogP contribution in [0, 0.1) is 21.4 Å². The van der Waals surface area contributed by atoms with Crippen molar-refractivity contribution < 1.29 is 22.9 Å². The number of aromatic amines is 1. The number of nitrogens with zero attached hydrogens (tertiary/aromatic N) is 2. The summed E-state index contributed by atoms with van der Waals surface area (Å²) in [6.45, 7) is 0. The lowest BCUT2D eigenvalue weighted by Crippen LogP contribution is -2.18. The Balaban J connectivity index is 2.13. The first-order valence-corrected chi connectivity index (χ1v) is 8.02. The van der Waals surface area contributed by atoms with Crippen LogP contribution in [0.5, 0.6) is 0 Å². The molecule has 0 spiro atoms. The van der Waals surface area contributed by atoms with E-state index in [-0.39, 0.29) is 22.5 Å². The van der Waals surface area contributed by atoms with Gasteiger partial charge in [-0.2, -0.15) is 18.4 Å². The number of thioether (sulfide) groups is 1. The van der Waals surface area contributed by atoms with Gasteiger partial charge in [0.05, 0.1) is 26.8 Å². The molecule has 0 saturated heterocycles. The molecule has 2 N–H and O–H groups in total. The first-order chi connectivity index (χ1) is 12.6. The summed E-state index contributed by atoms with van der Waals surface area (Å²) >= 11 is 0.553. The molecule has 2 aromatic rings. The van der Waals surface area contributed by atoms with Crippen LogP contribution >= 0.6 is 11.8 Å². The molecular weight excluding hydrogens is 389 g/mol. The molecule has 0 aliphatic carbocycles. The Bertz CT molecular complexity index is 981. The van der Waals surface area contributed by atoms with Crippen molar-refractivity contribution in [2.24, 2.45) is 0 Å². The molecule has 0 radical (unpaired) electrons. The molecule has 1 amide bonds. The highest BCUT2D eigenvalue weighted by Gasteiger charge is 2.35. The third-order valence-electron chi connectivity index (χ3n) is 3.14. The third kappa shape index (κ3) is 5.08. The Morgan fingerprint density at radius 2 is 1.96 bits per heavy atom. The second kappa shape index (κ2) is 7.92. The van der Waals surface area contributed by atoms with E-state index in [0.717, 1.165) is 0 Å². The van der Waals surface area contributed by atoms with Crippen molar-refractivity contribution in [3.63, 3.8) is 0 Å². The van der Waals surface area contributed by atoms with Gasteiger partial charge in [0, 0.05) is 23.9 Å². The van der Waals surface area contributed by atoms with Gasteiger partial charge in [0.15, 0.2) is 0 Å². The number of nitro benzene ring substituents is 1. The lowest BCUT2D eigenvalue weighted by atomic mass is 10.1. The maximum atomic E-state index is 12.9. The van der Waals surface area contributed by atoms with Crippen LogP contribution in [0.2, 0.25) is 0 Å². The van der Waals surface area contributed by atoms with E-state index < -0.39 is 39.4 Å². The molecule has 12 heteroatoms. The number of amides is 1. The lowest BCUT2D eigenvalue weighted by Gasteiger charge is -2.11. The number of anilines is 1. The number of alkyl halides is 3. The summed E-state index contributed by atoms with van der Waals surface area (Å²) < 4.78 is 38.8. The Morgan fingerprint density at radius 1 is 1.33 bits per heavy atom. The van der Waals surface area contributed by atoms with Crippen LogP contribution in [-0.4, -0.2) is 21.6 Å². The summed E-state index contributed by atoms with van der Waals surface area (Å²) in [5, 5.41) is 21.6. The average Bonchev–Trinajstić information content (AvgIpc) is 2.59. The molecule has 0 unspecified atom stereocenters. The fourth-order valence-corrected chi connectivity index (χ4v) is 2.80. The number of carbonyl (C=O) groups is 1. The predicted molar refractivity (Wildman–Crippen MR) is 89.2 cm³/mol. The molecule has 140 valence electrons. The number of pyridine rings is 1. The van der Waals surface area contributed by atoms with Gasteiger partial charge in [0.2, 0.25) is 11.5 Å². The zero-order valence-corrected chi connectivity index (χ0v) is 14.0. The van der Waals surface area contributed by atoms with Gasteiger partial charge in [-0.25, -0.2) is 0 Å². The quantitative estimate of drug-likeness (QED) is 0.453. The van der Waals surface area contributed by atoms with Crippen molar-refractivity contribution >= 4 is 29.0 Å². The van der Waals surface area contributed by atoms with Crippen LogP contribution in [0.25, 0.3) is 0 Å². The van der Waals surface area contributed by atoms with Gasteiger partial charge >= 0.3 is 6.18 Å². The van der Waals surface area contributed by atoms with Gasteiger partial charge in [-0.05, 0) is 12.1 Å². The minimum atomic E-state index is -4.89. The number of aromatic nitrogens is 1. The fraction of sp³-hybridized carbons (Fsp3) is 0.133. The van der Waals surface area contributed by atoms with E-state index in [1.165, 1.54) is 30.3 Å². The number of H-pyrrole nitrogens is 1. The molecule has 1 aromatic carbocycles. The molecule has 0 saturated carbocycles. The van der Waals surface area contributed by atoms with Gasteiger partial charge in [0.1, 0.15) is 6.07 Å². The van der Waals surface area contributed by atoms with Crippen molar-refractivity contribution in [1.29, 1.82) is 5.26 Å². The van der Waals surface area contributed by atoms with E-state index in [2.05, 4.69) is 10.3 Å². The topological polar surface area (TPSA) is 129 Å². The summed E-state index contributed by atoms with van der Waals surface area (Å²) in [6, 6.07) is 6.56. The van der Waals surface area contributed by atoms with E-state index in [1.807, 2.05) is 0 Å². The summed E-state index contributed by atoms with van der Waals surface area (Å²) in [6.07, 6.45) is -4.89. The minimum Gasteiger partial charge on any atom is -0.325 e. The fourth-order valence-electron chi connectivity index (χ4n) is 1.98. The highest BCUT2D eigenvalue weighted by atomic mass is 32.2. The second-order valence-corrected chi connectivity index (χ2v) is 5.99. The average molecular weight is 398 g/mol. The Hall–Kier alpha value is -3.33. The molecule has 0 aliphatic heterocycles. The number of hydrogen-bond donors (Lipinski definition) is 2. The number of benzene rings is 1.